The SMILES string of the molecule is COc1ccc(C(NC(=O)CSc2nc(C)cc(C)n2)c2ccccc2)cc1. The molecule has 0 spiro atoms. The number of rotatable bonds is 7. The molecule has 0 bridgehead atoms. The number of aromatic nitrogens is 2. The summed E-state index contributed by atoms with van der Waals surface area (Å²) in [5.74, 6) is 0.962. The Morgan fingerprint density at radius 2 is 1.61 bits per heavy atom. The number of nitrogens with zero attached hydrogens (tertiary/aromatic N) is 2. The van der Waals surface area contributed by atoms with Crippen LogP contribution in [0.4, 0.5) is 0 Å². The number of carbonyl (C=O) groups is 1. The molecule has 0 aliphatic heterocycles. The smallest absolute Gasteiger partial charge is 0.231 e. The van der Waals surface area contributed by atoms with Gasteiger partial charge in [-0.15, -0.1) is 0 Å². The second kappa shape index (κ2) is 9.37. The number of hydrogen-bond donors (Lipinski definition) is 1. The van der Waals surface area contributed by atoms with Crippen LogP contribution in [-0.2, 0) is 4.79 Å². The molecule has 0 aliphatic rings. The van der Waals surface area contributed by atoms with Crippen molar-refractivity contribution in [3.8, 4) is 5.75 Å². The third kappa shape index (κ3) is 5.33. The van der Waals surface area contributed by atoms with Crippen LogP contribution in [0.3, 0.4) is 0 Å². The van der Waals surface area contributed by atoms with E-state index in [2.05, 4.69) is 15.3 Å². The average molecular weight is 394 g/mol. The van der Waals surface area contributed by atoms with Crippen molar-refractivity contribution in [1.29, 1.82) is 0 Å². The molecule has 0 saturated carbocycles. The molecule has 0 fully saturated rings. The van der Waals surface area contributed by atoms with Crippen LogP contribution in [0.5, 0.6) is 5.75 Å². The zero-order chi connectivity index (χ0) is 19.9. The molecule has 3 aromatic rings. The molecule has 2 aromatic carbocycles. The third-order valence-corrected chi connectivity index (χ3v) is 5.03. The van der Waals surface area contributed by atoms with E-state index in [1.54, 1.807) is 7.11 Å². The van der Waals surface area contributed by atoms with E-state index in [0.717, 1.165) is 28.3 Å². The lowest BCUT2D eigenvalue weighted by atomic mass is 9.98. The van der Waals surface area contributed by atoms with Gasteiger partial charge in [0.2, 0.25) is 5.91 Å². The number of nitrogens with one attached hydrogen (secondary N) is 1. The van der Waals surface area contributed by atoms with Crippen LogP contribution < -0.4 is 10.1 Å². The summed E-state index contributed by atoms with van der Waals surface area (Å²) in [6, 6.07) is 19.3. The van der Waals surface area contributed by atoms with Crippen LogP contribution in [0, 0.1) is 13.8 Å². The van der Waals surface area contributed by atoms with Gasteiger partial charge in [0.25, 0.3) is 0 Å². The van der Waals surface area contributed by atoms with Crippen molar-refractivity contribution in [2.45, 2.75) is 25.0 Å². The molecule has 1 amide bonds. The molecule has 1 heterocycles. The van der Waals surface area contributed by atoms with Crippen molar-refractivity contribution < 1.29 is 9.53 Å². The molecule has 28 heavy (non-hydrogen) atoms. The zero-order valence-electron chi connectivity index (χ0n) is 16.2. The molecule has 1 N–H and O–H groups in total. The first kappa shape index (κ1) is 19.9. The standard InChI is InChI=1S/C22H23N3O2S/c1-15-13-16(2)24-22(23-15)28-14-20(26)25-21(17-7-5-4-6-8-17)18-9-11-19(27-3)12-10-18/h4-13,21H,14H2,1-3H3,(H,25,26). The molecule has 1 unspecified atom stereocenters. The van der Waals surface area contributed by atoms with Gasteiger partial charge >= 0.3 is 0 Å². The van der Waals surface area contributed by atoms with E-state index in [1.807, 2.05) is 74.5 Å². The molecule has 1 aromatic heterocycles. The van der Waals surface area contributed by atoms with E-state index >= 15 is 0 Å². The number of aryl methyl sites for hydroxylation is 2. The topological polar surface area (TPSA) is 64.1 Å². The van der Waals surface area contributed by atoms with E-state index in [0.29, 0.717) is 5.16 Å². The summed E-state index contributed by atoms with van der Waals surface area (Å²) >= 11 is 1.34. The fourth-order valence-electron chi connectivity index (χ4n) is 2.89. The number of benzene rings is 2. The maximum Gasteiger partial charge on any atom is 0.231 e. The van der Waals surface area contributed by atoms with Crippen LogP contribution in [0.1, 0.15) is 28.6 Å². The summed E-state index contributed by atoms with van der Waals surface area (Å²) < 4.78 is 5.24. The van der Waals surface area contributed by atoms with E-state index in [1.165, 1.54) is 11.8 Å². The Labute approximate surface area is 169 Å². The summed E-state index contributed by atoms with van der Waals surface area (Å²) in [7, 11) is 1.64. The highest BCUT2D eigenvalue weighted by Crippen LogP contribution is 2.24. The average Bonchev–Trinajstić information content (AvgIpc) is 2.70. The number of ether oxygens (including phenoxy) is 1. The van der Waals surface area contributed by atoms with Gasteiger partial charge in [0.15, 0.2) is 5.16 Å². The Balaban J connectivity index is 1.74. The summed E-state index contributed by atoms with van der Waals surface area (Å²) in [6.45, 7) is 3.85. The van der Waals surface area contributed by atoms with E-state index in [-0.39, 0.29) is 17.7 Å². The highest BCUT2D eigenvalue weighted by atomic mass is 32.2. The van der Waals surface area contributed by atoms with Crippen LogP contribution >= 0.6 is 11.8 Å². The third-order valence-electron chi connectivity index (χ3n) is 4.18. The Morgan fingerprint density at radius 3 is 2.21 bits per heavy atom. The lowest BCUT2D eigenvalue weighted by Crippen LogP contribution is -2.30. The van der Waals surface area contributed by atoms with Crippen molar-refractivity contribution in [3.05, 3.63) is 83.2 Å². The van der Waals surface area contributed by atoms with Gasteiger partial charge in [0.05, 0.1) is 18.9 Å². The van der Waals surface area contributed by atoms with Gasteiger partial charge in [-0.3, -0.25) is 4.79 Å². The van der Waals surface area contributed by atoms with Crippen LogP contribution in [0.25, 0.3) is 0 Å². The first-order valence-corrected chi connectivity index (χ1v) is 9.97. The maximum atomic E-state index is 12.7. The van der Waals surface area contributed by atoms with E-state index < -0.39 is 0 Å². The largest absolute Gasteiger partial charge is 0.497 e. The van der Waals surface area contributed by atoms with Gasteiger partial charge in [-0.1, -0.05) is 54.2 Å². The molecule has 6 heteroatoms. The molecular formula is C22H23N3O2S. The maximum absolute atomic E-state index is 12.7. The molecule has 144 valence electrons. The minimum absolute atomic E-state index is 0.0718. The van der Waals surface area contributed by atoms with Gasteiger partial charge in [-0.05, 0) is 43.2 Å². The molecule has 0 aliphatic carbocycles. The predicted octanol–water partition coefficient (Wildman–Crippen LogP) is 4.10. The second-order valence-electron chi connectivity index (χ2n) is 6.41. The summed E-state index contributed by atoms with van der Waals surface area (Å²) in [4.78, 5) is 21.4. The highest BCUT2D eigenvalue weighted by Gasteiger charge is 2.17. The fourth-order valence-corrected chi connectivity index (χ4v) is 3.65. The Bertz CT molecular complexity index is 910. The summed E-state index contributed by atoms with van der Waals surface area (Å²) in [5, 5.41) is 3.75. The molecular weight excluding hydrogens is 370 g/mol. The number of methoxy groups -OCH3 is 1. The van der Waals surface area contributed by atoms with E-state index in [9.17, 15) is 4.79 Å². The van der Waals surface area contributed by atoms with Crippen molar-refractivity contribution in [1.82, 2.24) is 15.3 Å². The van der Waals surface area contributed by atoms with Crippen molar-refractivity contribution in [2.75, 3.05) is 12.9 Å². The summed E-state index contributed by atoms with van der Waals surface area (Å²) in [6.07, 6.45) is 0. The Kier molecular flexibility index (Phi) is 6.66. The molecule has 0 radical (unpaired) electrons. The van der Waals surface area contributed by atoms with Crippen LogP contribution in [0.2, 0.25) is 0 Å². The number of hydrogen-bond acceptors (Lipinski definition) is 5. The van der Waals surface area contributed by atoms with Crippen molar-refractivity contribution in [3.63, 3.8) is 0 Å². The second-order valence-corrected chi connectivity index (χ2v) is 7.35. The fraction of sp³-hybridized carbons (Fsp3) is 0.227. The zero-order valence-corrected chi connectivity index (χ0v) is 17.0. The first-order chi connectivity index (χ1) is 13.5. The Hall–Kier alpha value is -2.86. The summed E-state index contributed by atoms with van der Waals surface area (Å²) in [5.41, 5.74) is 3.81. The molecule has 5 nitrogen and oxygen atoms in total. The number of amides is 1. The van der Waals surface area contributed by atoms with Crippen molar-refractivity contribution in [2.24, 2.45) is 0 Å². The van der Waals surface area contributed by atoms with Gasteiger partial charge in [0.1, 0.15) is 5.75 Å². The van der Waals surface area contributed by atoms with Gasteiger partial charge in [0, 0.05) is 11.4 Å². The van der Waals surface area contributed by atoms with Crippen LogP contribution in [0.15, 0.2) is 65.8 Å². The number of thioether (sulfide) groups is 1. The van der Waals surface area contributed by atoms with Crippen LogP contribution in [-0.4, -0.2) is 28.7 Å². The quantitative estimate of drug-likeness (QED) is 0.484. The highest BCUT2D eigenvalue weighted by molar-refractivity contribution is 7.99. The minimum atomic E-state index is -0.236. The molecule has 0 saturated heterocycles. The predicted molar refractivity (Wildman–Crippen MR) is 112 cm³/mol. The van der Waals surface area contributed by atoms with Crippen molar-refractivity contribution >= 4 is 17.7 Å². The van der Waals surface area contributed by atoms with E-state index in [4.69, 9.17) is 4.74 Å². The number of carbonyl (C=O) groups excluding carboxylic acids is 1. The molecule has 3 rings (SSSR count). The lowest BCUT2D eigenvalue weighted by Gasteiger charge is -2.20. The van der Waals surface area contributed by atoms with Gasteiger partial charge in [-0.2, -0.15) is 0 Å². The minimum Gasteiger partial charge on any atom is -0.497 e. The lowest BCUT2D eigenvalue weighted by molar-refractivity contribution is -0.119. The normalized spacial score (nSPS) is 11.7. The molecule has 1 atom stereocenters. The van der Waals surface area contributed by atoms with Gasteiger partial charge < -0.3 is 10.1 Å². The Morgan fingerprint density at radius 1 is 1.00 bits per heavy atom. The first-order valence-electron chi connectivity index (χ1n) is 8.98. The van der Waals surface area contributed by atoms with Gasteiger partial charge in [-0.25, -0.2) is 9.97 Å². The monoisotopic (exact) mass is 393 g/mol.